The Morgan fingerprint density at radius 1 is 1.30 bits per heavy atom. The van der Waals surface area contributed by atoms with E-state index in [1.165, 1.54) is 10.5 Å². The lowest BCUT2D eigenvalue weighted by Gasteiger charge is -2.22. The number of benzene rings is 1. The van der Waals surface area contributed by atoms with E-state index in [2.05, 4.69) is 4.98 Å². The number of hydrogen-bond donors (Lipinski definition) is 3. The van der Waals surface area contributed by atoms with Crippen LogP contribution in [-0.2, 0) is 14.8 Å². The van der Waals surface area contributed by atoms with Crippen molar-refractivity contribution in [3.63, 3.8) is 0 Å². The summed E-state index contributed by atoms with van der Waals surface area (Å²) < 4.78 is 31.2. The molecule has 1 saturated heterocycles. The molecule has 2 aromatic rings. The van der Waals surface area contributed by atoms with Gasteiger partial charge in [-0.1, -0.05) is 0 Å². The van der Waals surface area contributed by atoms with Crippen LogP contribution in [0.3, 0.4) is 0 Å². The Kier molecular flexibility index (Phi) is 6.37. The SMILES string of the molecule is CS(=O)(=O)N1C[C@H](CC(=O)O)C[C@H]1COc1ccc(-c2ccc(C(=N)N)cn2)cc1. The van der Waals surface area contributed by atoms with Gasteiger partial charge < -0.3 is 15.6 Å². The molecule has 3 rings (SSSR count). The number of nitrogens with one attached hydrogen (secondary N) is 1. The summed E-state index contributed by atoms with van der Waals surface area (Å²) in [4.78, 5) is 15.3. The first kappa shape index (κ1) is 21.7. The highest BCUT2D eigenvalue weighted by atomic mass is 32.2. The van der Waals surface area contributed by atoms with Crippen LogP contribution < -0.4 is 10.5 Å². The largest absolute Gasteiger partial charge is 0.492 e. The third-order valence-electron chi connectivity index (χ3n) is 5.01. The summed E-state index contributed by atoms with van der Waals surface area (Å²) in [7, 11) is -3.45. The first-order valence-corrected chi connectivity index (χ1v) is 11.2. The molecular weight excluding hydrogens is 408 g/mol. The first-order valence-electron chi connectivity index (χ1n) is 9.36. The fraction of sp³-hybridized carbons (Fsp3) is 0.350. The number of carboxylic acids is 1. The molecule has 0 saturated carbocycles. The van der Waals surface area contributed by atoms with Crippen molar-refractivity contribution >= 4 is 21.8 Å². The predicted octanol–water partition coefficient (Wildman–Crippen LogP) is 1.54. The molecule has 160 valence electrons. The number of carbonyl (C=O) groups is 1. The molecule has 2 atom stereocenters. The number of ether oxygens (including phenoxy) is 1. The Bertz CT molecular complexity index is 1020. The number of hydrogen-bond acceptors (Lipinski definition) is 6. The Hall–Kier alpha value is -2.98. The highest BCUT2D eigenvalue weighted by molar-refractivity contribution is 7.88. The lowest BCUT2D eigenvalue weighted by molar-refractivity contribution is -0.138. The van der Waals surface area contributed by atoms with Gasteiger partial charge in [0.05, 0.1) is 18.0 Å². The van der Waals surface area contributed by atoms with Crippen LogP contribution in [0.25, 0.3) is 11.3 Å². The predicted molar refractivity (Wildman–Crippen MR) is 112 cm³/mol. The molecule has 2 heterocycles. The number of aliphatic carboxylic acids is 1. The number of pyridine rings is 1. The van der Waals surface area contributed by atoms with Crippen LogP contribution in [0.5, 0.6) is 5.75 Å². The molecule has 30 heavy (non-hydrogen) atoms. The zero-order valence-corrected chi connectivity index (χ0v) is 17.3. The van der Waals surface area contributed by atoms with E-state index < -0.39 is 22.0 Å². The van der Waals surface area contributed by atoms with Gasteiger partial charge >= 0.3 is 5.97 Å². The molecule has 1 aliphatic rings. The standard InChI is InChI=1S/C20H24N4O5S/c1-30(27,28)24-11-13(9-19(25)26)8-16(24)12-29-17-5-2-14(3-6-17)18-7-4-15(10-23-18)20(21)22/h2-7,10,13,16H,8-9,11-12H2,1H3,(H3,21,22)(H,25,26)/t13-,16-/m0/s1. The molecule has 0 amide bonds. The van der Waals surface area contributed by atoms with Crippen LogP contribution in [0.1, 0.15) is 18.4 Å². The van der Waals surface area contributed by atoms with Crippen molar-refractivity contribution in [3.8, 4) is 17.0 Å². The molecule has 9 nitrogen and oxygen atoms in total. The lowest BCUT2D eigenvalue weighted by Crippen LogP contribution is -2.38. The van der Waals surface area contributed by atoms with Crippen molar-refractivity contribution in [1.82, 2.24) is 9.29 Å². The second kappa shape index (κ2) is 8.80. The molecule has 0 spiro atoms. The minimum absolute atomic E-state index is 0.0431. The lowest BCUT2D eigenvalue weighted by atomic mass is 10.0. The third-order valence-corrected chi connectivity index (χ3v) is 6.31. The van der Waals surface area contributed by atoms with Crippen molar-refractivity contribution < 1.29 is 23.1 Å². The fourth-order valence-corrected chi connectivity index (χ4v) is 4.74. The van der Waals surface area contributed by atoms with Gasteiger partial charge in [-0.2, -0.15) is 4.31 Å². The number of carboxylic acid groups (broad SMARTS) is 1. The number of amidine groups is 1. The van der Waals surface area contributed by atoms with Crippen LogP contribution in [0, 0.1) is 11.3 Å². The van der Waals surface area contributed by atoms with Gasteiger partial charge in [0.2, 0.25) is 10.0 Å². The van der Waals surface area contributed by atoms with Gasteiger partial charge in [-0.3, -0.25) is 15.2 Å². The molecule has 4 N–H and O–H groups in total. The van der Waals surface area contributed by atoms with Crippen molar-refractivity contribution in [1.29, 1.82) is 5.41 Å². The number of nitrogens with zero attached hydrogens (tertiary/aromatic N) is 2. The summed E-state index contributed by atoms with van der Waals surface area (Å²) in [6.07, 6.45) is 3.05. The molecule has 1 fully saturated rings. The van der Waals surface area contributed by atoms with E-state index in [9.17, 15) is 13.2 Å². The van der Waals surface area contributed by atoms with Crippen LogP contribution in [0.15, 0.2) is 42.6 Å². The summed E-state index contributed by atoms with van der Waals surface area (Å²) in [5, 5.41) is 16.4. The Balaban J connectivity index is 1.65. The van der Waals surface area contributed by atoms with Crippen LogP contribution in [0.4, 0.5) is 0 Å². The van der Waals surface area contributed by atoms with E-state index in [1.54, 1.807) is 24.3 Å². The van der Waals surface area contributed by atoms with E-state index in [0.29, 0.717) is 17.7 Å². The zero-order chi connectivity index (χ0) is 21.9. The van der Waals surface area contributed by atoms with Crippen LogP contribution in [0.2, 0.25) is 0 Å². The Morgan fingerprint density at radius 3 is 2.53 bits per heavy atom. The highest BCUT2D eigenvalue weighted by Crippen LogP contribution is 2.29. The number of nitrogen functional groups attached to an aromatic ring is 1. The summed E-state index contributed by atoms with van der Waals surface area (Å²) in [5.74, 6) is -0.625. The topological polar surface area (TPSA) is 147 Å². The van der Waals surface area contributed by atoms with Crippen molar-refractivity contribution in [2.24, 2.45) is 11.7 Å². The minimum Gasteiger partial charge on any atom is -0.492 e. The number of rotatable bonds is 8. The van der Waals surface area contributed by atoms with Crippen LogP contribution in [-0.4, -0.2) is 60.1 Å². The van der Waals surface area contributed by atoms with E-state index >= 15 is 0 Å². The number of sulfonamides is 1. The molecule has 10 heteroatoms. The molecular formula is C20H24N4O5S. The summed E-state index contributed by atoms with van der Waals surface area (Å²) in [6, 6.07) is 10.3. The molecule has 0 unspecified atom stereocenters. The number of nitrogens with two attached hydrogens (primary N) is 1. The van der Waals surface area contributed by atoms with Crippen molar-refractivity contribution in [3.05, 3.63) is 48.2 Å². The highest BCUT2D eigenvalue weighted by Gasteiger charge is 2.38. The van der Waals surface area contributed by atoms with E-state index in [4.69, 9.17) is 21.0 Å². The maximum absolute atomic E-state index is 12.0. The summed E-state index contributed by atoms with van der Waals surface area (Å²) >= 11 is 0. The van der Waals surface area contributed by atoms with Gasteiger partial charge in [0.15, 0.2) is 0 Å². The maximum atomic E-state index is 12.0. The van der Waals surface area contributed by atoms with Gasteiger partial charge in [-0.15, -0.1) is 0 Å². The van der Waals surface area contributed by atoms with Gasteiger partial charge in [0.25, 0.3) is 0 Å². The second-order valence-corrected chi connectivity index (χ2v) is 9.30. The average molecular weight is 433 g/mol. The van der Waals surface area contributed by atoms with Gasteiger partial charge in [-0.25, -0.2) is 8.42 Å². The van der Waals surface area contributed by atoms with Gasteiger partial charge in [-0.05, 0) is 48.7 Å². The fourth-order valence-electron chi connectivity index (χ4n) is 3.57. The number of aromatic nitrogens is 1. The quantitative estimate of drug-likeness (QED) is 0.423. The molecule has 0 radical (unpaired) electrons. The maximum Gasteiger partial charge on any atom is 0.303 e. The first-order chi connectivity index (χ1) is 14.1. The summed E-state index contributed by atoms with van der Waals surface area (Å²) in [5.41, 5.74) is 7.56. The van der Waals surface area contributed by atoms with E-state index in [0.717, 1.165) is 17.5 Å². The second-order valence-electron chi connectivity index (χ2n) is 7.37. The van der Waals surface area contributed by atoms with Crippen molar-refractivity contribution in [2.45, 2.75) is 18.9 Å². The normalized spacial score (nSPS) is 19.5. The van der Waals surface area contributed by atoms with Crippen LogP contribution >= 0.6 is 0 Å². The summed E-state index contributed by atoms with van der Waals surface area (Å²) in [6.45, 7) is 0.341. The van der Waals surface area contributed by atoms with E-state index in [-0.39, 0.29) is 31.3 Å². The monoisotopic (exact) mass is 432 g/mol. The average Bonchev–Trinajstić information content (AvgIpc) is 3.09. The van der Waals surface area contributed by atoms with E-state index in [1.807, 2.05) is 12.1 Å². The molecule has 1 aromatic carbocycles. The van der Waals surface area contributed by atoms with Gasteiger partial charge in [0, 0.05) is 30.3 Å². The molecule has 1 aliphatic heterocycles. The molecule has 0 bridgehead atoms. The molecule has 0 aliphatic carbocycles. The minimum atomic E-state index is -3.45. The Morgan fingerprint density at radius 2 is 2.00 bits per heavy atom. The molecule has 1 aromatic heterocycles. The third kappa shape index (κ3) is 5.33. The smallest absolute Gasteiger partial charge is 0.303 e. The van der Waals surface area contributed by atoms with Gasteiger partial charge in [0.1, 0.15) is 18.2 Å². The van der Waals surface area contributed by atoms with Crippen molar-refractivity contribution in [2.75, 3.05) is 19.4 Å². The zero-order valence-electron chi connectivity index (χ0n) is 16.5. The Labute approximate surface area is 175 Å².